The molecule has 2 aromatic carbocycles. The van der Waals surface area contributed by atoms with Crippen molar-refractivity contribution in [3.8, 4) is 0 Å². The Labute approximate surface area is 157 Å². The van der Waals surface area contributed by atoms with Gasteiger partial charge in [-0.05, 0) is 37.1 Å². The van der Waals surface area contributed by atoms with Gasteiger partial charge in [0, 0.05) is 25.1 Å². The normalized spacial score (nSPS) is 18.2. The standard InChI is InChI=1S/C19H20F2N2O3S/c20-14-9-10-18(17(21)12-14)22-19(24)13-15-6-4-5-11-23(15)27(25,26)16-7-2-1-3-8-16/h1-3,7-10,12,15H,4-6,11,13H2,(H,22,24). The van der Waals surface area contributed by atoms with Crippen molar-refractivity contribution in [1.29, 1.82) is 0 Å². The lowest BCUT2D eigenvalue weighted by Crippen LogP contribution is -2.45. The summed E-state index contributed by atoms with van der Waals surface area (Å²) >= 11 is 0. The maximum Gasteiger partial charge on any atom is 0.243 e. The van der Waals surface area contributed by atoms with E-state index in [9.17, 15) is 22.0 Å². The third-order valence-electron chi connectivity index (χ3n) is 4.55. The van der Waals surface area contributed by atoms with Crippen molar-refractivity contribution >= 4 is 21.6 Å². The highest BCUT2D eigenvalue weighted by atomic mass is 32.2. The molecule has 0 spiro atoms. The van der Waals surface area contributed by atoms with E-state index in [1.165, 1.54) is 16.4 Å². The van der Waals surface area contributed by atoms with Crippen LogP contribution in [0.2, 0.25) is 0 Å². The highest BCUT2D eigenvalue weighted by Gasteiger charge is 2.34. The average Bonchev–Trinajstić information content (AvgIpc) is 2.65. The summed E-state index contributed by atoms with van der Waals surface area (Å²) in [6, 6.07) is 10.4. The third kappa shape index (κ3) is 4.51. The number of anilines is 1. The van der Waals surface area contributed by atoms with Gasteiger partial charge < -0.3 is 5.32 Å². The van der Waals surface area contributed by atoms with Crippen LogP contribution in [0.4, 0.5) is 14.5 Å². The largest absolute Gasteiger partial charge is 0.324 e. The molecule has 0 aliphatic carbocycles. The van der Waals surface area contributed by atoms with E-state index < -0.39 is 33.6 Å². The van der Waals surface area contributed by atoms with E-state index in [0.717, 1.165) is 25.0 Å². The summed E-state index contributed by atoms with van der Waals surface area (Å²) in [5, 5.41) is 2.39. The molecule has 1 saturated heterocycles. The maximum atomic E-state index is 13.7. The lowest BCUT2D eigenvalue weighted by molar-refractivity contribution is -0.117. The van der Waals surface area contributed by atoms with E-state index in [-0.39, 0.29) is 17.0 Å². The molecule has 144 valence electrons. The Hall–Kier alpha value is -2.32. The zero-order chi connectivity index (χ0) is 19.4. The summed E-state index contributed by atoms with van der Waals surface area (Å²) in [5.74, 6) is -2.13. The first kappa shape index (κ1) is 19.4. The van der Waals surface area contributed by atoms with Crippen LogP contribution in [-0.4, -0.2) is 31.2 Å². The molecule has 1 fully saturated rings. The van der Waals surface area contributed by atoms with Gasteiger partial charge in [-0.25, -0.2) is 17.2 Å². The number of piperidine rings is 1. The number of amides is 1. The molecule has 2 aromatic rings. The summed E-state index contributed by atoms with van der Waals surface area (Å²) in [5.41, 5.74) is -0.130. The fraction of sp³-hybridized carbons (Fsp3) is 0.316. The minimum atomic E-state index is -3.71. The molecule has 1 atom stereocenters. The van der Waals surface area contributed by atoms with Gasteiger partial charge in [-0.2, -0.15) is 4.31 Å². The van der Waals surface area contributed by atoms with E-state index in [1.807, 2.05) is 0 Å². The Balaban J connectivity index is 1.75. The first-order valence-corrected chi connectivity index (χ1v) is 10.1. The number of hydrogen-bond acceptors (Lipinski definition) is 3. The summed E-state index contributed by atoms with van der Waals surface area (Å²) < 4.78 is 53.9. The number of nitrogens with one attached hydrogen (secondary N) is 1. The second-order valence-corrected chi connectivity index (χ2v) is 8.35. The molecular weight excluding hydrogens is 374 g/mol. The first-order valence-electron chi connectivity index (χ1n) is 8.70. The predicted octanol–water partition coefficient (Wildman–Crippen LogP) is 3.54. The molecule has 1 heterocycles. The topological polar surface area (TPSA) is 66.5 Å². The van der Waals surface area contributed by atoms with Crippen molar-refractivity contribution in [1.82, 2.24) is 4.31 Å². The van der Waals surface area contributed by atoms with E-state index in [2.05, 4.69) is 5.32 Å². The average molecular weight is 394 g/mol. The van der Waals surface area contributed by atoms with Gasteiger partial charge in [-0.15, -0.1) is 0 Å². The number of carbonyl (C=O) groups excluding carboxylic acids is 1. The van der Waals surface area contributed by atoms with Crippen LogP contribution in [0.5, 0.6) is 0 Å². The number of rotatable bonds is 5. The lowest BCUT2D eigenvalue weighted by Gasteiger charge is -2.34. The highest BCUT2D eigenvalue weighted by Crippen LogP contribution is 2.27. The van der Waals surface area contributed by atoms with Gasteiger partial charge in [-0.1, -0.05) is 24.6 Å². The first-order chi connectivity index (χ1) is 12.9. The zero-order valence-electron chi connectivity index (χ0n) is 14.6. The number of carbonyl (C=O) groups is 1. The molecule has 1 N–H and O–H groups in total. The summed E-state index contributed by atoms with van der Waals surface area (Å²) in [7, 11) is -3.71. The van der Waals surface area contributed by atoms with Crippen molar-refractivity contribution in [3.63, 3.8) is 0 Å². The zero-order valence-corrected chi connectivity index (χ0v) is 15.4. The molecule has 0 aromatic heterocycles. The van der Waals surface area contributed by atoms with Crippen LogP contribution in [-0.2, 0) is 14.8 Å². The Morgan fingerprint density at radius 2 is 1.85 bits per heavy atom. The van der Waals surface area contributed by atoms with Gasteiger partial charge in [0.2, 0.25) is 15.9 Å². The number of benzene rings is 2. The van der Waals surface area contributed by atoms with Crippen LogP contribution in [0.15, 0.2) is 53.4 Å². The molecule has 3 rings (SSSR count). The van der Waals surface area contributed by atoms with Crippen molar-refractivity contribution in [2.24, 2.45) is 0 Å². The van der Waals surface area contributed by atoms with Crippen molar-refractivity contribution in [2.45, 2.75) is 36.6 Å². The highest BCUT2D eigenvalue weighted by molar-refractivity contribution is 7.89. The number of halogens is 2. The van der Waals surface area contributed by atoms with Crippen LogP contribution >= 0.6 is 0 Å². The van der Waals surface area contributed by atoms with Crippen LogP contribution in [0.25, 0.3) is 0 Å². The molecule has 27 heavy (non-hydrogen) atoms. The predicted molar refractivity (Wildman–Crippen MR) is 97.6 cm³/mol. The number of sulfonamides is 1. The van der Waals surface area contributed by atoms with Gasteiger partial charge in [0.1, 0.15) is 11.6 Å². The Kier molecular flexibility index (Phi) is 5.86. The molecule has 8 heteroatoms. The smallest absolute Gasteiger partial charge is 0.243 e. The van der Waals surface area contributed by atoms with Gasteiger partial charge in [0.15, 0.2) is 0 Å². The lowest BCUT2D eigenvalue weighted by atomic mass is 10.0. The Morgan fingerprint density at radius 3 is 2.56 bits per heavy atom. The molecule has 1 aliphatic heterocycles. The molecule has 0 radical (unpaired) electrons. The van der Waals surface area contributed by atoms with E-state index >= 15 is 0 Å². The molecule has 0 bridgehead atoms. The van der Waals surface area contributed by atoms with Gasteiger partial charge in [0.25, 0.3) is 0 Å². The number of hydrogen-bond donors (Lipinski definition) is 1. The Morgan fingerprint density at radius 1 is 1.11 bits per heavy atom. The van der Waals surface area contributed by atoms with Crippen molar-refractivity contribution in [2.75, 3.05) is 11.9 Å². The number of nitrogens with zero attached hydrogens (tertiary/aromatic N) is 1. The molecule has 1 amide bonds. The second-order valence-electron chi connectivity index (χ2n) is 6.45. The van der Waals surface area contributed by atoms with Crippen LogP contribution < -0.4 is 5.32 Å². The van der Waals surface area contributed by atoms with Crippen molar-refractivity contribution < 1.29 is 22.0 Å². The monoisotopic (exact) mass is 394 g/mol. The molecule has 5 nitrogen and oxygen atoms in total. The molecular formula is C19H20F2N2O3S. The summed E-state index contributed by atoms with van der Waals surface area (Å²) in [4.78, 5) is 12.5. The molecule has 1 unspecified atom stereocenters. The van der Waals surface area contributed by atoms with E-state index in [4.69, 9.17) is 0 Å². The maximum absolute atomic E-state index is 13.7. The quantitative estimate of drug-likeness (QED) is 0.844. The van der Waals surface area contributed by atoms with Crippen molar-refractivity contribution in [3.05, 3.63) is 60.2 Å². The van der Waals surface area contributed by atoms with Crippen LogP contribution in [0.1, 0.15) is 25.7 Å². The minimum absolute atomic E-state index is 0.0944. The van der Waals surface area contributed by atoms with E-state index in [1.54, 1.807) is 18.2 Å². The summed E-state index contributed by atoms with van der Waals surface area (Å²) in [6.45, 7) is 0.333. The molecule has 0 saturated carbocycles. The van der Waals surface area contributed by atoms with Gasteiger partial charge in [-0.3, -0.25) is 4.79 Å². The van der Waals surface area contributed by atoms with Crippen LogP contribution in [0.3, 0.4) is 0 Å². The Bertz CT molecular complexity index is 920. The third-order valence-corrected chi connectivity index (χ3v) is 6.52. The molecule has 1 aliphatic rings. The minimum Gasteiger partial charge on any atom is -0.324 e. The SMILES string of the molecule is O=C(CC1CCCCN1S(=O)(=O)c1ccccc1)Nc1ccc(F)cc1F. The van der Waals surface area contributed by atoms with Crippen LogP contribution in [0, 0.1) is 11.6 Å². The fourth-order valence-corrected chi connectivity index (χ4v) is 4.94. The van der Waals surface area contributed by atoms with Gasteiger partial charge >= 0.3 is 0 Å². The second kappa shape index (κ2) is 8.14. The summed E-state index contributed by atoms with van der Waals surface area (Å²) in [6.07, 6.45) is 1.98. The fourth-order valence-electron chi connectivity index (χ4n) is 3.23. The van der Waals surface area contributed by atoms with Gasteiger partial charge in [0.05, 0.1) is 10.6 Å². The van der Waals surface area contributed by atoms with E-state index in [0.29, 0.717) is 19.0 Å².